The highest BCUT2D eigenvalue weighted by molar-refractivity contribution is 5.80. The normalized spacial score (nSPS) is 13.0. The average Bonchev–Trinajstić information content (AvgIpc) is 3.29. The van der Waals surface area contributed by atoms with E-state index in [4.69, 9.17) is 4.74 Å². The zero-order valence-corrected chi connectivity index (χ0v) is 21.3. The zero-order valence-electron chi connectivity index (χ0n) is 21.3. The molecule has 2 aromatic carbocycles. The van der Waals surface area contributed by atoms with Crippen LogP contribution in [0.3, 0.4) is 0 Å². The number of tetrazole rings is 1. The number of benzene rings is 2. The first-order valence-electron chi connectivity index (χ1n) is 11.9. The van der Waals surface area contributed by atoms with Gasteiger partial charge in [-0.2, -0.15) is 0 Å². The van der Waals surface area contributed by atoms with Crippen LogP contribution in [-0.4, -0.2) is 37.2 Å². The van der Waals surface area contributed by atoms with Gasteiger partial charge in [-0.25, -0.2) is 4.68 Å². The Bertz CT molecular complexity index is 1340. The molecule has 0 amide bonds. The number of nitrogens with one attached hydrogen (secondary N) is 1. The van der Waals surface area contributed by atoms with Crippen LogP contribution in [-0.2, 0) is 18.6 Å². The lowest BCUT2D eigenvalue weighted by Crippen LogP contribution is -2.37. The summed E-state index contributed by atoms with van der Waals surface area (Å²) in [7, 11) is 1.62. The van der Waals surface area contributed by atoms with Crippen LogP contribution >= 0.6 is 0 Å². The van der Waals surface area contributed by atoms with Crippen LogP contribution in [0.2, 0.25) is 0 Å². The third-order valence-electron chi connectivity index (χ3n) is 6.15. The molecule has 35 heavy (non-hydrogen) atoms. The van der Waals surface area contributed by atoms with Gasteiger partial charge >= 0.3 is 0 Å². The van der Waals surface area contributed by atoms with E-state index in [9.17, 15) is 4.79 Å². The number of ether oxygens (including phenoxy) is 1. The predicted molar refractivity (Wildman–Crippen MR) is 137 cm³/mol. The Balaban J connectivity index is 1.79. The van der Waals surface area contributed by atoms with E-state index in [-0.39, 0.29) is 23.1 Å². The molecular formula is C27H34N6O2. The van der Waals surface area contributed by atoms with E-state index in [2.05, 4.69) is 72.2 Å². The van der Waals surface area contributed by atoms with Crippen molar-refractivity contribution in [2.24, 2.45) is 5.92 Å². The Morgan fingerprint density at radius 1 is 1.06 bits per heavy atom. The van der Waals surface area contributed by atoms with Gasteiger partial charge in [0.2, 0.25) is 0 Å². The summed E-state index contributed by atoms with van der Waals surface area (Å²) in [6.45, 7) is 11.7. The van der Waals surface area contributed by atoms with E-state index in [1.807, 2.05) is 47.1 Å². The van der Waals surface area contributed by atoms with Crippen LogP contribution in [0.25, 0.3) is 10.9 Å². The van der Waals surface area contributed by atoms with Gasteiger partial charge in [-0.05, 0) is 66.3 Å². The molecule has 4 rings (SSSR count). The quantitative estimate of drug-likeness (QED) is 0.399. The highest BCUT2D eigenvalue weighted by atomic mass is 16.5. The van der Waals surface area contributed by atoms with Gasteiger partial charge in [0.25, 0.3) is 5.56 Å². The third kappa shape index (κ3) is 5.43. The first kappa shape index (κ1) is 24.6. The van der Waals surface area contributed by atoms with Crippen molar-refractivity contribution in [2.75, 3.05) is 7.11 Å². The number of hydrogen-bond acceptors (Lipinski definition) is 6. The second kappa shape index (κ2) is 10.00. The maximum absolute atomic E-state index is 13.2. The molecule has 0 saturated heterocycles. The van der Waals surface area contributed by atoms with Crippen molar-refractivity contribution in [3.8, 4) is 5.75 Å². The largest absolute Gasteiger partial charge is 0.497 e. The minimum atomic E-state index is -0.274. The van der Waals surface area contributed by atoms with Crippen molar-refractivity contribution in [3.05, 3.63) is 81.9 Å². The number of aromatic nitrogens is 5. The second-order valence-corrected chi connectivity index (χ2v) is 10.3. The lowest BCUT2D eigenvalue weighted by Gasteiger charge is -2.35. The number of pyridine rings is 1. The van der Waals surface area contributed by atoms with Crippen molar-refractivity contribution in [3.63, 3.8) is 0 Å². The molecule has 0 bridgehead atoms. The summed E-state index contributed by atoms with van der Waals surface area (Å²) in [5, 5.41) is 13.8. The molecule has 1 atom stereocenters. The second-order valence-electron chi connectivity index (χ2n) is 10.3. The van der Waals surface area contributed by atoms with Crippen LogP contribution in [0.15, 0.2) is 59.4 Å². The van der Waals surface area contributed by atoms with Crippen molar-refractivity contribution in [1.82, 2.24) is 30.1 Å². The number of hydrogen-bond donors (Lipinski definition) is 1. The van der Waals surface area contributed by atoms with Gasteiger partial charge in [0, 0.05) is 24.7 Å². The Morgan fingerprint density at radius 2 is 1.80 bits per heavy atom. The molecule has 0 aliphatic rings. The molecule has 184 valence electrons. The number of aromatic amines is 1. The van der Waals surface area contributed by atoms with Crippen LogP contribution in [0, 0.1) is 5.92 Å². The zero-order chi connectivity index (χ0) is 25.2. The van der Waals surface area contributed by atoms with Gasteiger partial charge < -0.3 is 9.72 Å². The summed E-state index contributed by atoms with van der Waals surface area (Å²) in [5.41, 5.74) is 2.23. The fraction of sp³-hybridized carbons (Fsp3) is 0.407. The van der Waals surface area contributed by atoms with Crippen molar-refractivity contribution in [2.45, 2.75) is 59.3 Å². The van der Waals surface area contributed by atoms with Gasteiger partial charge in [-0.15, -0.1) is 5.10 Å². The van der Waals surface area contributed by atoms with Crippen molar-refractivity contribution < 1.29 is 4.74 Å². The number of methoxy groups -OCH3 is 1. The first-order valence-corrected chi connectivity index (χ1v) is 11.9. The van der Waals surface area contributed by atoms with E-state index >= 15 is 0 Å². The van der Waals surface area contributed by atoms with Gasteiger partial charge in [0.1, 0.15) is 5.75 Å². The molecule has 0 fully saturated rings. The molecule has 2 heterocycles. The van der Waals surface area contributed by atoms with Crippen molar-refractivity contribution in [1.29, 1.82) is 0 Å². The molecule has 1 N–H and O–H groups in total. The molecule has 2 aromatic heterocycles. The highest BCUT2D eigenvalue weighted by Gasteiger charge is 2.32. The van der Waals surface area contributed by atoms with E-state index in [1.54, 1.807) is 7.11 Å². The van der Waals surface area contributed by atoms with Gasteiger partial charge in [-0.1, -0.05) is 44.2 Å². The SMILES string of the molecule is COc1ccc2cc(CN(Cc3ccccc3)[C@@H](c3nnnn3C(C)(C)C)C(C)C)c(=O)[nH]c2c1. The summed E-state index contributed by atoms with van der Waals surface area (Å²) >= 11 is 0. The molecule has 0 saturated carbocycles. The van der Waals surface area contributed by atoms with E-state index in [0.29, 0.717) is 24.4 Å². The topological polar surface area (TPSA) is 88.9 Å². The molecule has 0 unspecified atom stereocenters. The van der Waals surface area contributed by atoms with Crippen LogP contribution in [0.1, 0.15) is 57.6 Å². The molecule has 8 nitrogen and oxygen atoms in total. The molecule has 0 aliphatic heterocycles. The summed E-state index contributed by atoms with van der Waals surface area (Å²) in [6, 6.07) is 17.9. The van der Waals surface area contributed by atoms with Crippen LogP contribution in [0.5, 0.6) is 5.75 Å². The van der Waals surface area contributed by atoms with E-state index in [0.717, 1.165) is 22.3 Å². The average molecular weight is 475 g/mol. The Morgan fingerprint density at radius 3 is 2.46 bits per heavy atom. The third-order valence-corrected chi connectivity index (χ3v) is 6.15. The molecule has 0 aliphatic carbocycles. The minimum absolute atomic E-state index is 0.101. The fourth-order valence-electron chi connectivity index (χ4n) is 4.50. The standard InChI is InChI=1S/C27H34N6O2/c1-18(2)24(25-29-30-31-33(25)27(3,4)5)32(16-19-10-8-7-9-11-19)17-21-14-20-12-13-22(35-6)15-23(20)28-26(21)34/h7-15,18,24H,16-17H2,1-6H3,(H,28,34)/t24-/m1/s1. The van der Waals surface area contributed by atoms with Crippen LogP contribution in [0.4, 0.5) is 0 Å². The van der Waals surface area contributed by atoms with Gasteiger partial charge in [0.15, 0.2) is 5.82 Å². The highest BCUT2D eigenvalue weighted by Crippen LogP contribution is 2.32. The number of nitrogens with zero attached hydrogens (tertiary/aromatic N) is 5. The predicted octanol–water partition coefficient (Wildman–Crippen LogP) is 4.68. The Hall–Kier alpha value is -3.52. The fourth-order valence-corrected chi connectivity index (χ4v) is 4.50. The number of rotatable bonds is 8. The Labute approximate surface area is 205 Å². The molecule has 4 aromatic rings. The molecule has 8 heteroatoms. The maximum atomic E-state index is 13.2. The monoisotopic (exact) mass is 474 g/mol. The smallest absolute Gasteiger partial charge is 0.252 e. The van der Waals surface area contributed by atoms with Gasteiger partial charge in [-0.3, -0.25) is 9.69 Å². The summed E-state index contributed by atoms with van der Waals surface area (Å²) in [6.07, 6.45) is 0. The number of H-pyrrole nitrogens is 1. The summed E-state index contributed by atoms with van der Waals surface area (Å²) in [4.78, 5) is 18.5. The summed E-state index contributed by atoms with van der Waals surface area (Å²) in [5.74, 6) is 1.71. The number of fused-ring (bicyclic) bond motifs is 1. The summed E-state index contributed by atoms with van der Waals surface area (Å²) < 4.78 is 7.21. The Kier molecular flexibility index (Phi) is 7.03. The first-order chi connectivity index (χ1) is 16.7. The maximum Gasteiger partial charge on any atom is 0.252 e. The lowest BCUT2D eigenvalue weighted by molar-refractivity contribution is 0.120. The van der Waals surface area contributed by atoms with E-state index in [1.165, 1.54) is 0 Å². The molecular weight excluding hydrogens is 440 g/mol. The van der Waals surface area contributed by atoms with Crippen LogP contribution < -0.4 is 10.3 Å². The van der Waals surface area contributed by atoms with E-state index < -0.39 is 0 Å². The minimum Gasteiger partial charge on any atom is -0.497 e. The van der Waals surface area contributed by atoms with Crippen molar-refractivity contribution >= 4 is 10.9 Å². The van der Waals surface area contributed by atoms with Gasteiger partial charge in [0.05, 0.1) is 24.2 Å². The lowest BCUT2D eigenvalue weighted by atomic mass is 9.98. The molecule has 0 radical (unpaired) electrons. The molecule has 0 spiro atoms.